The summed E-state index contributed by atoms with van der Waals surface area (Å²) >= 11 is 0. The molecule has 0 amide bonds. The molecule has 1 fully saturated rings. The number of hydrogen-bond acceptors (Lipinski definition) is 1. The number of benzene rings is 1. The predicted molar refractivity (Wildman–Crippen MR) is 83.2 cm³/mol. The van der Waals surface area contributed by atoms with Crippen molar-refractivity contribution in [2.45, 2.75) is 66.5 Å². The lowest BCUT2D eigenvalue weighted by Gasteiger charge is -2.45. The maximum atomic E-state index is 3.77. The molecule has 2 rings (SSSR count). The minimum absolute atomic E-state index is 0.465. The molecule has 0 saturated heterocycles. The third-order valence-corrected chi connectivity index (χ3v) is 4.27. The van der Waals surface area contributed by atoms with Gasteiger partial charge in [-0.2, -0.15) is 0 Å². The summed E-state index contributed by atoms with van der Waals surface area (Å²) in [7, 11) is 0. The minimum Gasteiger partial charge on any atom is -0.310 e. The van der Waals surface area contributed by atoms with Gasteiger partial charge < -0.3 is 5.32 Å². The zero-order valence-electron chi connectivity index (χ0n) is 13.2. The Balaban J connectivity index is 1.93. The van der Waals surface area contributed by atoms with Gasteiger partial charge in [0.1, 0.15) is 0 Å². The van der Waals surface area contributed by atoms with E-state index in [2.05, 4.69) is 64.2 Å². The van der Waals surface area contributed by atoms with Gasteiger partial charge in [0.25, 0.3) is 0 Å². The third kappa shape index (κ3) is 4.35. The summed E-state index contributed by atoms with van der Waals surface area (Å²) in [6, 6.07) is 9.53. The van der Waals surface area contributed by atoms with Crippen LogP contribution in [-0.2, 0) is 6.54 Å². The van der Waals surface area contributed by atoms with E-state index < -0.39 is 0 Å². The van der Waals surface area contributed by atoms with Crippen molar-refractivity contribution in [3.63, 3.8) is 0 Å². The Morgan fingerprint density at radius 3 is 2.05 bits per heavy atom. The van der Waals surface area contributed by atoms with Crippen LogP contribution in [0.3, 0.4) is 0 Å². The Hall–Kier alpha value is -0.820. The largest absolute Gasteiger partial charge is 0.310 e. The first kappa shape index (κ1) is 14.6. The molecule has 106 valence electrons. The molecule has 1 aliphatic carbocycles. The maximum absolute atomic E-state index is 3.77. The van der Waals surface area contributed by atoms with Crippen LogP contribution in [0.15, 0.2) is 24.3 Å². The highest BCUT2D eigenvalue weighted by Gasteiger charge is 2.37. The van der Waals surface area contributed by atoms with Crippen molar-refractivity contribution < 1.29 is 0 Å². The summed E-state index contributed by atoms with van der Waals surface area (Å²) in [6.45, 7) is 12.8. The van der Waals surface area contributed by atoms with E-state index in [0.29, 0.717) is 16.9 Å². The molecule has 19 heavy (non-hydrogen) atoms. The van der Waals surface area contributed by atoms with Crippen molar-refractivity contribution in [2.24, 2.45) is 10.8 Å². The van der Waals surface area contributed by atoms with Crippen LogP contribution in [0.25, 0.3) is 0 Å². The monoisotopic (exact) mass is 259 g/mol. The van der Waals surface area contributed by atoms with Gasteiger partial charge in [-0.15, -0.1) is 0 Å². The summed E-state index contributed by atoms with van der Waals surface area (Å²) in [6.07, 6.45) is 3.92. The number of rotatable bonds is 3. The molecule has 1 N–H and O–H groups in total. The van der Waals surface area contributed by atoms with Gasteiger partial charge in [0.15, 0.2) is 0 Å². The molecule has 1 aliphatic rings. The van der Waals surface area contributed by atoms with Crippen LogP contribution in [-0.4, -0.2) is 6.04 Å². The number of hydrogen-bond donors (Lipinski definition) is 1. The van der Waals surface area contributed by atoms with Gasteiger partial charge in [-0.1, -0.05) is 57.5 Å². The SMILES string of the molecule is Cc1ccc(CNC2CC(C)(C)CC(C)(C)C2)cc1. The average Bonchev–Trinajstić information content (AvgIpc) is 2.24. The molecule has 1 saturated carbocycles. The Bertz CT molecular complexity index is 398. The molecule has 0 bridgehead atoms. The second-order valence-corrected chi connectivity index (χ2v) is 7.98. The summed E-state index contributed by atoms with van der Waals surface area (Å²) in [4.78, 5) is 0. The number of aryl methyl sites for hydroxylation is 1. The predicted octanol–water partition coefficient (Wildman–Crippen LogP) is 4.69. The van der Waals surface area contributed by atoms with Gasteiger partial charge in [0, 0.05) is 12.6 Å². The van der Waals surface area contributed by atoms with Crippen LogP contribution in [0.4, 0.5) is 0 Å². The molecule has 1 nitrogen and oxygen atoms in total. The van der Waals surface area contributed by atoms with E-state index in [1.54, 1.807) is 0 Å². The first-order chi connectivity index (χ1) is 8.76. The van der Waals surface area contributed by atoms with E-state index in [9.17, 15) is 0 Å². The fourth-order valence-electron chi connectivity index (χ4n) is 3.96. The smallest absolute Gasteiger partial charge is 0.0208 e. The first-order valence-electron chi connectivity index (χ1n) is 7.55. The van der Waals surface area contributed by atoms with Crippen LogP contribution in [0.1, 0.15) is 58.1 Å². The van der Waals surface area contributed by atoms with E-state index in [0.717, 1.165) is 6.54 Å². The molecule has 0 spiro atoms. The van der Waals surface area contributed by atoms with Gasteiger partial charge in [-0.25, -0.2) is 0 Å². The van der Waals surface area contributed by atoms with Gasteiger partial charge in [-0.05, 0) is 42.6 Å². The van der Waals surface area contributed by atoms with Crippen molar-refractivity contribution in [2.75, 3.05) is 0 Å². The Kier molecular flexibility index (Phi) is 4.06. The molecule has 0 aliphatic heterocycles. The molecular weight excluding hydrogens is 230 g/mol. The molecule has 0 aromatic heterocycles. The second-order valence-electron chi connectivity index (χ2n) is 7.98. The summed E-state index contributed by atoms with van der Waals surface area (Å²) in [5.74, 6) is 0. The van der Waals surface area contributed by atoms with Crippen molar-refractivity contribution in [3.05, 3.63) is 35.4 Å². The Morgan fingerprint density at radius 1 is 1.00 bits per heavy atom. The summed E-state index contributed by atoms with van der Waals surface area (Å²) in [5.41, 5.74) is 3.66. The molecule has 0 atom stereocenters. The minimum atomic E-state index is 0.465. The fourth-order valence-corrected chi connectivity index (χ4v) is 3.96. The lowest BCUT2D eigenvalue weighted by Crippen LogP contribution is -2.43. The average molecular weight is 259 g/mol. The van der Waals surface area contributed by atoms with E-state index in [1.807, 2.05) is 0 Å². The molecule has 1 heteroatoms. The van der Waals surface area contributed by atoms with E-state index >= 15 is 0 Å². The highest BCUT2D eigenvalue weighted by Crippen LogP contribution is 2.45. The molecule has 0 unspecified atom stereocenters. The van der Waals surface area contributed by atoms with Gasteiger partial charge in [-0.3, -0.25) is 0 Å². The molecule has 1 aromatic rings. The van der Waals surface area contributed by atoms with Crippen LogP contribution in [0.5, 0.6) is 0 Å². The molecular formula is C18H29N. The van der Waals surface area contributed by atoms with Crippen LogP contribution in [0, 0.1) is 17.8 Å². The highest BCUT2D eigenvalue weighted by molar-refractivity contribution is 5.21. The lowest BCUT2D eigenvalue weighted by atomic mass is 9.63. The van der Waals surface area contributed by atoms with Gasteiger partial charge in [0.05, 0.1) is 0 Å². The topological polar surface area (TPSA) is 12.0 Å². The van der Waals surface area contributed by atoms with Crippen LogP contribution in [0.2, 0.25) is 0 Å². The summed E-state index contributed by atoms with van der Waals surface area (Å²) < 4.78 is 0. The van der Waals surface area contributed by atoms with Crippen molar-refractivity contribution in [3.8, 4) is 0 Å². The lowest BCUT2D eigenvalue weighted by molar-refractivity contribution is 0.0845. The number of nitrogens with one attached hydrogen (secondary N) is 1. The maximum Gasteiger partial charge on any atom is 0.0208 e. The third-order valence-electron chi connectivity index (χ3n) is 4.27. The zero-order valence-corrected chi connectivity index (χ0v) is 13.2. The normalized spacial score (nSPS) is 22.4. The van der Waals surface area contributed by atoms with E-state index in [1.165, 1.54) is 30.4 Å². The van der Waals surface area contributed by atoms with Crippen molar-refractivity contribution >= 4 is 0 Å². The van der Waals surface area contributed by atoms with E-state index in [-0.39, 0.29) is 0 Å². The standard InChI is InChI=1S/C18H29N/c1-14-6-8-15(9-7-14)12-19-16-10-17(2,3)13-18(4,5)11-16/h6-9,16,19H,10-13H2,1-5H3. The zero-order chi connectivity index (χ0) is 14.1. The van der Waals surface area contributed by atoms with E-state index in [4.69, 9.17) is 0 Å². The van der Waals surface area contributed by atoms with Gasteiger partial charge in [0.2, 0.25) is 0 Å². The fraction of sp³-hybridized carbons (Fsp3) is 0.667. The molecule has 0 heterocycles. The molecule has 1 aromatic carbocycles. The van der Waals surface area contributed by atoms with Crippen molar-refractivity contribution in [1.29, 1.82) is 0 Å². The van der Waals surface area contributed by atoms with Crippen LogP contribution >= 0.6 is 0 Å². The van der Waals surface area contributed by atoms with Crippen molar-refractivity contribution in [1.82, 2.24) is 5.32 Å². The quantitative estimate of drug-likeness (QED) is 0.830. The van der Waals surface area contributed by atoms with Gasteiger partial charge >= 0.3 is 0 Å². The summed E-state index contributed by atoms with van der Waals surface area (Å²) in [5, 5.41) is 3.77. The second kappa shape index (κ2) is 5.28. The Morgan fingerprint density at radius 2 is 1.53 bits per heavy atom. The highest BCUT2D eigenvalue weighted by atomic mass is 14.9. The molecule has 0 radical (unpaired) electrons. The first-order valence-corrected chi connectivity index (χ1v) is 7.55. The van der Waals surface area contributed by atoms with Crippen LogP contribution < -0.4 is 5.32 Å². The Labute approximate surface area is 118 Å².